The van der Waals surface area contributed by atoms with Crippen molar-refractivity contribution in [3.8, 4) is 11.5 Å². The highest BCUT2D eigenvalue weighted by Crippen LogP contribution is 2.31. The van der Waals surface area contributed by atoms with Gasteiger partial charge in [-0.15, -0.1) is 0 Å². The van der Waals surface area contributed by atoms with Crippen LogP contribution in [0.4, 0.5) is 10.1 Å². The lowest BCUT2D eigenvalue weighted by atomic mass is 10.2. The second-order valence-electron chi connectivity index (χ2n) is 3.06. The van der Waals surface area contributed by atoms with Crippen molar-refractivity contribution in [2.45, 2.75) is 6.92 Å². The Hall–Kier alpha value is -2.04. The Bertz CT molecular complexity index is 406. The SMILES string of the molecule is C=C(C)C(=O)Nc1cc(O)c(O)c(F)c1. The van der Waals surface area contributed by atoms with Crippen LogP contribution in [0, 0.1) is 5.82 Å². The van der Waals surface area contributed by atoms with E-state index in [2.05, 4.69) is 11.9 Å². The zero-order chi connectivity index (χ0) is 11.6. The molecule has 5 heteroatoms. The lowest BCUT2D eigenvalue weighted by molar-refractivity contribution is -0.112. The molecule has 0 unspecified atom stereocenters. The Morgan fingerprint density at radius 2 is 2.07 bits per heavy atom. The van der Waals surface area contributed by atoms with Gasteiger partial charge in [0.1, 0.15) is 0 Å². The van der Waals surface area contributed by atoms with Crippen molar-refractivity contribution in [1.82, 2.24) is 0 Å². The first kappa shape index (κ1) is 11.0. The molecule has 0 aliphatic carbocycles. The number of phenols is 2. The molecule has 1 aromatic carbocycles. The fraction of sp³-hybridized carbons (Fsp3) is 0.100. The third-order valence-corrected chi connectivity index (χ3v) is 1.69. The Balaban J connectivity index is 2.98. The Morgan fingerprint density at radius 1 is 1.47 bits per heavy atom. The van der Waals surface area contributed by atoms with Crippen LogP contribution >= 0.6 is 0 Å². The van der Waals surface area contributed by atoms with Gasteiger partial charge in [-0.1, -0.05) is 6.58 Å². The highest BCUT2D eigenvalue weighted by atomic mass is 19.1. The van der Waals surface area contributed by atoms with Gasteiger partial charge in [-0.3, -0.25) is 4.79 Å². The third-order valence-electron chi connectivity index (χ3n) is 1.69. The van der Waals surface area contributed by atoms with Crippen molar-refractivity contribution < 1.29 is 19.4 Å². The van der Waals surface area contributed by atoms with Gasteiger partial charge in [0.25, 0.3) is 5.91 Å². The summed E-state index contributed by atoms with van der Waals surface area (Å²) in [5, 5.41) is 20.3. The summed E-state index contributed by atoms with van der Waals surface area (Å²) in [5.41, 5.74) is 0.304. The number of benzene rings is 1. The van der Waals surface area contributed by atoms with Crippen LogP contribution in [-0.2, 0) is 4.79 Å². The van der Waals surface area contributed by atoms with Crippen molar-refractivity contribution >= 4 is 11.6 Å². The molecule has 1 amide bonds. The molecule has 0 aliphatic rings. The van der Waals surface area contributed by atoms with Crippen molar-refractivity contribution in [3.63, 3.8) is 0 Å². The van der Waals surface area contributed by atoms with E-state index >= 15 is 0 Å². The number of anilines is 1. The van der Waals surface area contributed by atoms with E-state index in [4.69, 9.17) is 10.2 Å². The first-order valence-electron chi connectivity index (χ1n) is 4.10. The zero-order valence-electron chi connectivity index (χ0n) is 8.04. The van der Waals surface area contributed by atoms with E-state index in [1.165, 1.54) is 6.92 Å². The van der Waals surface area contributed by atoms with Gasteiger partial charge >= 0.3 is 0 Å². The summed E-state index contributed by atoms with van der Waals surface area (Å²) in [6, 6.07) is 1.94. The van der Waals surface area contributed by atoms with Crippen molar-refractivity contribution in [1.29, 1.82) is 0 Å². The molecule has 15 heavy (non-hydrogen) atoms. The van der Waals surface area contributed by atoms with E-state index in [0.29, 0.717) is 0 Å². The number of phenolic OH excluding ortho intramolecular Hbond substituents is 2. The minimum atomic E-state index is -1.01. The highest BCUT2D eigenvalue weighted by Gasteiger charge is 2.10. The van der Waals surface area contributed by atoms with E-state index in [1.54, 1.807) is 0 Å². The smallest absolute Gasteiger partial charge is 0.250 e. The number of halogens is 1. The molecular weight excluding hydrogens is 201 g/mol. The zero-order valence-corrected chi connectivity index (χ0v) is 8.04. The van der Waals surface area contributed by atoms with Crippen LogP contribution in [0.1, 0.15) is 6.92 Å². The van der Waals surface area contributed by atoms with E-state index in [-0.39, 0.29) is 11.3 Å². The van der Waals surface area contributed by atoms with Crippen LogP contribution in [-0.4, -0.2) is 16.1 Å². The molecule has 1 aromatic rings. The number of rotatable bonds is 2. The number of carbonyl (C=O) groups is 1. The second-order valence-corrected chi connectivity index (χ2v) is 3.06. The summed E-state index contributed by atoms with van der Waals surface area (Å²) in [6.45, 7) is 4.89. The maximum Gasteiger partial charge on any atom is 0.250 e. The molecule has 0 bridgehead atoms. The van der Waals surface area contributed by atoms with Crippen LogP contribution in [0.5, 0.6) is 11.5 Å². The summed E-state index contributed by atoms with van der Waals surface area (Å²) in [4.78, 5) is 11.1. The van der Waals surface area contributed by atoms with Crippen LogP contribution in [0.25, 0.3) is 0 Å². The Labute approximate surface area is 85.7 Å². The van der Waals surface area contributed by atoms with Gasteiger partial charge in [0.05, 0.1) is 0 Å². The number of hydrogen-bond acceptors (Lipinski definition) is 3. The van der Waals surface area contributed by atoms with Gasteiger partial charge < -0.3 is 15.5 Å². The lowest BCUT2D eigenvalue weighted by Gasteiger charge is -2.06. The van der Waals surface area contributed by atoms with Gasteiger partial charge in [0.2, 0.25) is 0 Å². The summed E-state index contributed by atoms with van der Waals surface area (Å²) >= 11 is 0. The maximum absolute atomic E-state index is 12.9. The molecule has 0 heterocycles. The monoisotopic (exact) mass is 211 g/mol. The minimum Gasteiger partial charge on any atom is -0.504 e. The van der Waals surface area contributed by atoms with Gasteiger partial charge in [0, 0.05) is 23.4 Å². The fourth-order valence-electron chi connectivity index (χ4n) is 0.895. The minimum absolute atomic E-state index is 0.0517. The summed E-state index contributed by atoms with van der Waals surface area (Å²) in [5.74, 6) is -2.97. The second kappa shape index (κ2) is 4.00. The van der Waals surface area contributed by atoms with E-state index in [0.717, 1.165) is 12.1 Å². The van der Waals surface area contributed by atoms with Gasteiger partial charge in [0.15, 0.2) is 17.3 Å². The number of hydrogen-bond donors (Lipinski definition) is 3. The van der Waals surface area contributed by atoms with Crippen LogP contribution in [0.3, 0.4) is 0 Å². The average molecular weight is 211 g/mol. The largest absolute Gasteiger partial charge is 0.504 e. The first-order chi connectivity index (χ1) is 6.91. The number of aromatic hydroxyl groups is 2. The third kappa shape index (κ3) is 2.46. The number of carbonyl (C=O) groups excluding carboxylic acids is 1. The maximum atomic E-state index is 12.9. The average Bonchev–Trinajstić information content (AvgIpc) is 2.13. The van der Waals surface area contributed by atoms with E-state index < -0.39 is 23.2 Å². The first-order valence-corrected chi connectivity index (χ1v) is 4.10. The molecule has 0 spiro atoms. The number of nitrogens with one attached hydrogen (secondary N) is 1. The molecular formula is C10H10FNO3. The lowest BCUT2D eigenvalue weighted by Crippen LogP contribution is -2.11. The van der Waals surface area contributed by atoms with Crippen molar-refractivity contribution in [2.24, 2.45) is 0 Å². The summed E-state index contributed by atoms with van der Waals surface area (Å²) < 4.78 is 12.9. The molecule has 3 N–H and O–H groups in total. The molecule has 0 saturated heterocycles. The molecule has 0 atom stereocenters. The molecule has 0 fully saturated rings. The number of amides is 1. The normalized spacial score (nSPS) is 9.73. The van der Waals surface area contributed by atoms with Gasteiger partial charge in [-0.25, -0.2) is 4.39 Å². The van der Waals surface area contributed by atoms with E-state index in [9.17, 15) is 9.18 Å². The van der Waals surface area contributed by atoms with Gasteiger partial charge in [-0.2, -0.15) is 0 Å². The van der Waals surface area contributed by atoms with Crippen molar-refractivity contribution in [3.05, 3.63) is 30.1 Å². The predicted molar refractivity (Wildman–Crippen MR) is 53.2 cm³/mol. The Morgan fingerprint density at radius 3 is 2.53 bits per heavy atom. The van der Waals surface area contributed by atoms with Crippen molar-refractivity contribution in [2.75, 3.05) is 5.32 Å². The molecule has 0 saturated carbocycles. The van der Waals surface area contributed by atoms with Crippen LogP contribution < -0.4 is 5.32 Å². The topological polar surface area (TPSA) is 69.6 Å². The molecule has 0 aliphatic heterocycles. The fourth-order valence-corrected chi connectivity index (χ4v) is 0.895. The summed E-state index contributed by atoms with van der Waals surface area (Å²) in [6.07, 6.45) is 0. The summed E-state index contributed by atoms with van der Waals surface area (Å²) in [7, 11) is 0. The van der Waals surface area contributed by atoms with Crippen LogP contribution in [0.2, 0.25) is 0 Å². The molecule has 0 radical (unpaired) electrons. The highest BCUT2D eigenvalue weighted by molar-refractivity contribution is 6.02. The van der Waals surface area contributed by atoms with Gasteiger partial charge in [-0.05, 0) is 6.92 Å². The molecule has 0 aromatic heterocycles. The quantitative estimate of drug-likeness (QED) is 0.396. The van der Waals surface area contributed by atoms with E-state index in [1.807, 2.05) is 0 Å². The van der Waals surface area contributed by atoms with Crippen LogP contribution in [0.15, 0.2) is 24.3 Å². The molecule has 80 valence electrons. The molecule has 1 rings (SSSR count). The standard InChI is InChI=1S/C10H10FNO3/c1-5(2)10(15)12-6-3-7(11)9(14)8(13)4-6/h3-4,13-14H,1H2,2H3,(H,12,15). The molecule has 4 nitrogen and oxygen atoms in total. The predicted octanol–water partition coefficient (Wildman–Crippen LogP) is 1.75. The Kier molecular flexibility index (Phi) is 2.94.